The smallest absolute Gasteiger partial charge is 0.174 e. The van der Waals surface area contributed by atoms with Crippen LogP contribution in [-0.4, -0.2) is 23.7 Å². The van der Waals surface area contributed by atoms with Gasteiger partial charge in [-0.15, -0.1) is 0 Å². The summed E-state index contributed by atoms with van der Waals surface area (Å²) in [6.07, 6.45) is 2.15. The molecule has 1 fully saturated rings. The van der Waals surface area contributed by atoms with Crippen LogP contribution in [0.3, 0.4) is 0 Å². The van der Waals surface area contributed by atoms with Crippen LogP contribution in [0.2, 0.25) is 5.02 Å². The van der Waals surface area contributed by atoms with E-state index in [0.29, 0.717) is 5.11 Å². The molecule has 2 aromatic rings. The van der Waals surface area contributed by atoms with E-state index in [4.69, 9.17) is 28.6 Å². The van der Waals surface area contributed by atoms with Crippen molar-refractivity contribution in [3.63, 3.8) is 0 Å². The normalized spacial score (nSPS) is 17.1. The second-order valence-corrected chi connectivity index (χ2v) is 6.30. The summed E-state index contributed by atoms with van der Waals surface area (Å²) in [4.78, 5) is 2.21. The molecule has 5 heteroatoms. The molecule has 0 bridgehead atoms. The first-order valence-corrected chi connectivity index (χ1v) is 8.44. The van der Waals surface area contributed by atoms with Crippen LogP contribution in [0.5, 0.6) is 5.75 Å². The van der Waals surface area contributed by atoms with Crippen LogP contribution in [-0.2, 0) is 0 Å². The predicted molar refractivity (Wildman–Crippen MR) is 99.3 cm³/mol. The molecule has 1 saturated heterocycles. The highest BCUT2D eigenvalue weighted by atomic mass is 35.5. The molecule has 0 saturated carbocycles. The number of anilines is 1. The fourth-order valence-corrected chi connectivity index (χ4v) is 3.60. The van der Waals surface area contributed by atoms with Gasteiger partial charge in [0.25, 0.3) is 0 Å². The second-order valence-electron chi connectivity index (χ2n) is 5.50. The van der Waals surface area contributed by atoms with Gasteiger partial charge in [0, 0.05) is 11.6 Å². The number of nitrogens with zero attached hydrogens (tertiary/aromatic N) is 1. The van der Waals surface area contributed by atoms with E-state index < -0.39 is 0 Å². The number of nitrogens with one attached hydrogen (secondary N) is 1. The lowest BCUT2D eigenvalue weighted by atomic mass is 10.0. The quantitative estimate of drug-likeness (QED) is 0.800. The summed E-state index contributed by atoms with van der Waals surface area (Å²) >= 11 is 12.0. The maximum atomic E-state index is 6.37. The molecule has 1 aliphatic rings. The third-order valence-corrected chi connectivity index (χ3v) is 4.81. The number of para-hydroxylation sites is 2. The van der Waals surface area contributed by atoms with E-state index in [1.165, 1.54) is 0 Å². The Bertz CT molecular complexity index is 707. The molecule has 0 spiro atoms. The first-order valence-electron chi connectivity index (χ1n) is 7.66. The summed E-state index contributed by atoms with van der Waals surface area (Å²) in [6, 6.07) is 16.0. The molecule has 0 amide bonds. The average Bonchev–Trinajstić information content (AvgIpc) is 3.05. The molecule has 120 valence electrons. The van der Waals surface area contributed by atoms with Crippen LogP contribution in [0.25, 0.3) is 0 Å². The van der Waals surface area contributed by atoms with Crippen molar-refractivity contribution in [1.82, 2.24) is 4.90 Å². The van der Waals surface area contributed by atoms with E-state index in [-0.39, 0.29) is 6.04 Å². The fourth-order valence-electron chi connectivity index (χ4n) is 3.01. The highest BCUT2D eigenvalue weighted by Gasteiger charge is 2.29. The SMILES string of the molecule is COc1ccccc1NC(=S)N1CCC[C@H]1c1ccccc1Cl. The molecule has 1 aliphatic heterocycles. The molecule has 3 nitrogen and oxygen atoms in total. The molecule has 1 atom stereocenters. The number of likely N-dealkylation sites (tertiary alicyclic amines) is 1. The maximum absolute atomic E-state index is 6.37. The number of halogens is 1. The van der Waals surface area contributed by atoms with Gasteiger partial charge in [-0.1, -0.05) is 41.9 Å². The lowest BCUT2D eigenvalue weighted by Gasteiger charge is -2.28. The number of methoxy groups -OCH3 is 1. The number of rotatable bonds is 3. The molecular formula is C18H19ClN2OS. The molecule has 0 aliphatic carbocycles. The number of benzene rings is 2. The van der Waals surface area contributed by atoms with Gasteiger partial charge in [0.1, 0.15) is 5.75 Å². The van der Waals surface area contributed by atoms with Crippen LogP contribution < -0.4 is 10.1 Å². The molecular weight excluding hydrogens is 328 g/mol. The Kier molecular flexibility index (Phi) is 5.03. The summed E-state index contributed by atoms with van der Waals surface area (Å²) < 4.78 is 5.38. The minimum atomic E-state index is 0.221. The second kappa shape index (κ2) is 7.20. The molecule has 1 heterocycles. The molecule has 1 N–H and O–H groups in total. The van der Waals surface area contributed by atoms with E-state index in [0.717, 1.165) is 41.4 Å². The molecule has 3 rings (SSSR count). The van der Waals surface area contributed by atoms with E-state index >= 15 is 0 Å². The Morgan fingerprint density at radius 3 is 2.74 bits per heavy atom. The average molecular weight is 347 g/mol. The van der Waals surface area contributed by atoms with Crippen LogP contribution in [0.1, 0.15) is 24.4 Å². The summed E-state index contributed by atoms with van der Waals surface area (Å²) in [5.74, 6) is 0.781. The van der Waals surface area contributed by atoms with Gasteiger partial charge < -0.3 is 15.0 Å². The first kappa shape index (κ1) is 16.1. The van der Waals surface area contributed by atoms with E-state index in [1.807, 2.05) is 42.5 Å². The Balaban J connectivity index is 1.80. The number of ether oxygens (including phenoxy) is 1. The zero-order chi connectivity index (χ0) is 16.2. The Morgan fingerprint density at radius 2 is 1.96 bits per heavy atom. The Morgan fingerprint density at radius 1 is 1.22 bits per heavy atom. The number of hydrogen-bond donors (Lipinski definition) is 1. The van der Waals surface area contributed by atoms with E-state index in [9.17, 15) is 0 Å². The van der Waals surface area contributed by atoms with Crippen molar-refractivity contribution in [2.24, 2.45) is 0 Å². The van der Waals surface area contributed by atoms with E-state index in [1.54, 1.807) is 7.11 Å². The van der Waals surface area contributed by atoms with E-state index in [2.05, 4.69) is 16.3 Å². The monoisotopic (exact) mass is 346 g/mol. The zero-order valence-electron chi connectivity index (χ0n) is 13.0. The molecule has 0 unspecified atom stereocenters. The van der Waals surface area contributed by atoms with Gasteiger partial charge in [-0.3, -0.25) is 0 Å². The summed E-state index contributed by atoms with van der Waals surface area (Å²) in [6.45, 7) is 0.927. The Labute approximate surface area is 147 Å². The minimum Gasteiger partial charge on any atom is -0.495 e. The number of hydrogen-bond acceptors (Lipinski definition) is 2. The number of thiocarbonyl (C=S) groups is 1. The molecule has 2 aromatic carbocycles. The van der Waals surface area contributed by atoms with Gasteiger partial charge in [-0.25, -0.2) is 0 Å². The predicted octanol–water partition coefficient (Wildman–Crippen LogP) is 4.88. The van der Waals surface area contributed by atoms with Crippen LogP contribution in [0.4, 0.5) is 5.69 Å². The van der Waals surface area contributed by atoms with Crippen LogP contribution in [0.15, 0.2) is 48.5 Å². The highest BCUT2D eigenvalue weighted by molar-refractivity contribution is 7.80. The van der Waals surface area contributed by atoms with Crippen molar-refractivity contribution in [1.29, 1.82) is 0 Å². The van der Waals surface area contributed by atoms with Gasteiger partial charge >= 0.3 is 0 Å². The lowest BCUT2D eigenvalue weighted by molar-refractivity contribution is 0.404. The van der Waals surface area contributed by atoms with Crippen molar-refractivity contribution in [3.05, 3.63) is 59.1 Å². The van der Waals surface area contributed by atoms with Crippen molar-refractivity contribution < 1.29 is 4.74 Å². The topological polar surface area (TPSA) is 24.5 Å². The van der Waals surface area contributed by atoms with Gasteiger partial charge in [0.05, 0.1) is 18.8 Å². The minimum absolute atomic E-state index is 0.221. The Hall–Kier alpha value is -1.78. The summed E-state index contributed by atoms with van der Waals surface area (Å²) in [5.41, 5.74) is 2.01. The zero-order valence-corrected chi connectivity index (χ0v) is 14.5. The third kappa shape index (κ3) is 3.43. The van der Waals surface area contributed by atoms with Gasteiger partial charge in [-0.05, 0) is 48.8 Å². The van der Waals surface area contributed by atoms with Gasteiger partial charge in [0.15, 0.2) is 5.11 Å². The standard InChI is InChI=1S/C18H19ClN2OS/c1-22-17-11-5-4-9-15(17)20-18(23)21-12-6-10-16(21)13-7-2-3-8-14(13)19/h2-5,7-9,11,16H,6,10,12H2,1H3,(H,20,23)/t16-/m0/s1. The van der Waals surface area contributed by atoms with Crippen molar-refractivity contribution in [2.45, 2.75) is 18.9 Å². The van der Waals surface area contributed by atoms with Gasteiger partial charge in [-0.2, -0.15) is 0 Å². The maximum Gasteiger partial charge on any atom is 0.174 e. The van der Waals surface area contributed by atoms with Crippen LogP contribution in [0, 0.1) is 0 Å². The molecule has 23 heavy (non-hydrogen) atoms. The fraction of sp³-hybridized carbons (Fsp3) is 0.278. The first-order chi connectivity index (χ1) is 11.2. The largest absolute Gasteiger partial charge is 0.495 e. The lowest BCUT2D eigenvalue weighted by Crippen LogP contribution is -2.34. The van der Waals surface area contributed by atoms with Crippen molar-refractivity contribution in [2.75, 3.05) is 19.0 Å². The summed E-state index contributed by atoms with van der Waals surface area (Å²) in [5, 5.41) is 4.81. The molecule has 0 radical (unpaired) electrons. The van der Waals surface area contributed by atoms with Crippen molar-refractivity contribution >= 4 is 34.6 Å². The van der Waals surface area contributed by atoms with Crippen LogP contribution >= 0.6 is 23.8 Å². The highest BCUT2D eigenvalue weighted by Crippen LogP contribution is 2.36. The van der Waals surface area contributed by atoms with Gasteiger partial charge in [0.2, 0.25) is 0 Å². The van der Waals surface area contributed by atoms with Crippen molar-refractivity contribution in [3.8, 4) is 5.75 Å². The summed E-state index contributed by atoms with van der Waals surface area (Å²) in [7, 11) is 1.66. The molecule has 0 aromatic heterocycles. The third-order valence-electron chi connectivity index (χ3n) is 4.13.